The average Bonchev–Trinajstić information content (AvgIpc) is 2.94. The molecule has 1 aliphatic rings. The van der Waals surface area contributed by atoms with Crippen LogP contribution >= 0.6 is 0 Å². The number of ether oxygens (including phenoxy) is 1. The van der Waals surface area contributed by atoms with Gasteiger partial charge >= 0.3 is 12.1 Å². The van der Waals surface area contributed by atoms with Gasteiger partial charge in [-0.1, -0.05) is 30.7 Å². The van der Waals surface area contributed by atoms with Crippen molar-refractivity contribution in [3.63, 3.8) is 0 Å². The summed E-state index contributed by atoms with van der Waals surface area (Å²) in [6.07, 6.45) is 1.02. The number of carbonyl (C=O) groups excluding carboxylic acids is 3. The fraction of sp³-hybridized carbons (Fsp3) is 0.583. The molecule has 0 spiro atoms. The molecule has 1 aromatic carbocycles. The van der Waals surface area contributed by atoms with Crippen molar-refractivity contribution in [1.29, 1.82) is 0 Å². The summed E-state index contributed by atoms with van der Waals surface area (Å²) in [6.45, 7) is 7.33. The van der Waals surface area contributed by atoms with E-state index in [9.17, 15) is 24.4 Å². The van der Waals surface area contributed by atoms with Crippen LogP contribution in [0.1, 0.15) is 70.9 Å². The molecule has 3 amide bonds. The third-order valence-electron chi connectivity index (χ3n) is 5.92. The molecule has 1 aliphatic heterocycles. The maximum absolute atomic E-state index is 12.8. The molecule has 1 saturated heterocycles. The first kappa shape index (κ1) is 26.3. The maximum atomic E-state index is 12.8. The van der Waals surface area contributed by atoms with Gasteiger partial charge in [0.25, 0.3) is 11.8 Å². The quantitative estimate of drug-likeness (QED) is 0.327. The van der Waals surface area contributed by atoms with Crippen molar-refractivity contribution >= 4 is 23.9 Å². The largest absolute Gasteiger partial charge is 0.481 e. The SMILES string of the molecule is CC(Cc1ccc(C2(CCCCC(=O)O)CC(=O)N(O)C2=O)cc1)N(C)C(=O)OC(C)(C)C. The number of amides is 3. The summed E-state index contributed by atoms with van der Waals surface area (Å²) in [7, 11) is 1.68. The highest BCUT2D eigenvalue weighted by Gasteiger charge is 2.52. The van der Waals surface area contributed by atoms with E-state index in [2.05, 4.69) is 0 Å². The van der Waals surface area contributed by atoms with Crippen LogP contribution in [0.15, 0.2) is 24.3 Å². The second-order valence-corrected chi connectivity index (χ2v) is 9.71. The molecule has 2 N–H and O–H groups in total. The van der Waals surface area contributed by atoms with Crippen LogP contribution in [-0.2, 0) is 31.0 Å². The molecule has 0 radical (unpaired) electrons. The molecule has 0 saturated carbocycles. The molecule has 2 rings (SSSR count). The minimum Gasteiger partial charge on any atom is -0.481 e. The fourth-order valence-electron chi connectivity index (χ4n) is 3.94. The number of aliphatic carboxylic acids is 1. The van der Waals surface area contributed by atoms with Gasteiger partial charge in [0, 0.05) is 25.9 Å². The van der Waals surface area contributed by atoms with Gasteiger partial charge in [-0.2, -0.15) is 5.06 Å². The summed E-state index contributed by atoms with van der Waals surface area (Å²) in [5.74, 6) is -2.28. The predicted octanol–water partition coefficient (Wildman–Crippen LogP) is 3.52. The van der Waals surface area contributed by atoms with Crippen LogP contribution in [-0.4, -0.2) is 62.8 Å². The van der Waals surface area contributed by atoms with Crippen LogP contribution in [0.5, 0.6) is 0 Å². The first-order chi connectivity index (χ1) is 15.3. The molecule has 2 unspecified atom stereocenters. The lowest BCUT2D eigenvalue weighted by Crippen LogP contribution is -2.40. The van der Waals surface area contributed by atoms with Crippen molar-refractivity contribution in [2.45, 2.75) is 83.3 Å². The smallest absolute Gasteiger partial charge is 0.410 e. The molecule has 0 aliphatic carbocycles. The lowest BCUT2D eigenvalue weighted by Gasteiger charge is -2.29. The van der Waals surface area contributed by atoms with Crippen molar-refractivity contribution in [2.75, 3.05) is 7.05 Å². The van der Waals surface area contributed by atoms with Gasteiger partial charge in [0.2, 0.25) is 0 Å². The number of hydrogen-bond donors (Lipinski definition) is 2. The van der Waals surface area contributed by atoms with Crippen molar-refractivity contribution in [2.24, 2.45) is 0 Å². The minimum absolute atomic E-state index is 0.0248. The van der Waals surface area contributed by atoms with Crippen LogP contribution < -0.4 is 0 Å². The number of unbranched alkanes of at least 4 members (excludes halogenated alkanes) is 1. The van der Waals surface area contributed by atoms with E-state index in [0.717, 1.165) is 5.56 Å². The number of benzene rings is 1. The Balaban J connectivity index is 2.15. The average molecular weight is 463 g/mol. The normalized spacial score (nSPS) is 19.5. The fourth-order valence-corrected chi connectivity index (χ4v) is 3.94. The molecular weight excluding hydrogens is 428 g/mol. The number of carbonyl (C=O) groups is 4. The number of hydrogen-bond acceptors (Lipinski definition) is 6. The Morgan fingerprint density at radius 3 is 2.27 bits per heavy atom. The number of rotatable bonds is 9. The molecule has 33 heavy (non-hydrogen) atoms. The Bertz CT molecular complexity index is 891. The molecule has 182 valence electrons. The van der Waals surface area contributed by atoms with E-state index in [1.165, 1.54) is 4.90 Å². The molecule has 9 nitrogen and oxygen atoms in total. The molecule has 1 heterocycles. The first-order valence-electron chi connectivity index (χ1n) is 11.1. The number of nitrogens with zero attached hydrogens (tertiary/aromatic N) is 2. The van der Waals surface area contributed by atoms with E-state index in [1.807, 2.05) is 39.8 Å². The highest BCUT2D eigenvalue weighted by Crippen LogP contribution is 2.40. The summed E-state index contributed by atoms with van der Waals surface area (Å²) in [6, 6.07) is 7.06. The van der Waals surface area contributed by atoms with Gasteiger partial charge in [0.1, 0.15) is 5.60 Å². The molecular formula is C24H34N2O7. The number of likely N-dealkylation sites (N-methyl/N-ethyl adjacent to an activating group) is 1. The summed E-state index contributed by atoms with van der Waals surface area (Å²) in [4.78, 5) is 49.5. The highest BCUT2D eigenvalue weighted by molar-refractivity contribution is 6.07. The summed E-state index contributed by atoms with van der Waals surface area (Å²) in [5.41, 5.74) is -0.260. The second-order valence-electron chi connectivity index (χ2n) is 9.71. The summed E-state index contributed by atoms with van der Waals surface area (Å²) < 4.78 is 5.40. The summed E-state index contributed by atoms with van der Waals surface area (Å²) in [5, 5.41) is 18.9. The van der Waals surface area contributed by atoms with E-state index < -0.39 is 34.9 Å². The second kappa shape index (κ2) is 10.3. The van der Waals surface area contributed by atoms with Gasteiger partial charge in [0.05, 0.1) is 5.41 Å². The standard InChI is InChI=1S/C24H34N2O7/c1-16(25(5)22(31)33-23(2,3)4)14-17-9-11-18(12-10-17)24(13-7-6-8-20(28)29)15-19(27)26(32)21(24)30/h9-12,16,32H,6-8,13-15H2,1-5H3,(H,28,29). The van der Waals surface area contributed by atoms with E-state index in [0.29, 0.717) is 24.8 Å². The van der Waals surface area contributed by atoms with Crippen LogP contribution in [0.25, 0.3) is 0 Å². The lowest BCUT2D eigenvalue weighted by molar-refractivity contribution is -0.172. The molecule has 0 bridgehead atoms. The number of carboxylic acids is 1. The Labute approximate surface area is 194 Å². The van der Waals surface area contributed by atoms with Gasteiger partial charge < -0.3 is 14.7 Å². The Morgan fingerprint density at radius 2 is 1.79 bits per heavy atom. The highest BCUT2D eigenvalue weighted by atomic mass is 16.6. The zero-order valence-electron chi connectivity index (χ0n) is 20.0. The van der Waals surface area contributed by atoms with Crippen LogP contribution in [0.4, 0.5) is 4.79 Å². The topological polar surface area (TPSA) is 124 Å². The van der Waals surface area contributed by atoms with Gasteiger partial charge in [-0.3, -0.25) is 19.6 Å². The third kappa shape index (κ3) is 6.54. The maximum Gasteiger partial charge on any atom is 0.410 e. The number of carboxylic acid groups (broad SMARTS) is 1. The number of imide groups is 1. The van der Waals surface area contributed by atoms with Crippen molar-refractivity contribution in [1.82, 2.24) is 9.96 Å². The van der Waals surface area contributed by atoms with Crippen molar-refractivity contribution in [3.05, 3.63) is 35.4 Å². The Kier molecular flexibility index (Phi) is 8.24. The third-order valence-corrected chi connectivity index (χ3v) is 5.92. The molecule has 1 aromatic rings. The molecule has 1 fully saturated rings. The minimum atomic E-state index is -1.21. The molecule has 9 heteroatoms. The monoisotopic (exact) mass is 462 g/mol. The molecule has 2 atom stereocenters. The Hall–Kier alpha value is -2.94. The van der Waals surface area contributed by atoms with Gasteiger partial charge in [-0.25, -0.2) is 4.79 Å². The first-order valence-corrected chi connectivity index (χ1v) is 11.1. The van der Waals surface area contributed by atoms with Gasteiger partial charge in [-0.15, -0.1) is 0 Å². The van der Waals surface area contributed by atoms with Crippen LogP contribution in [0, 0.1) is 0 Å². The van der Waals surface area contributed by atoms with E-state index in [1.54, 1.807) is 19.2 Å². The lowest BCUT2D eigenvalue weighted by atomic mass is 9.74. The van der Waals surface area contributed by atoms with Crippen LogP contribution in [0.2, 0.25) is 0 Å². The zero-order chi connectivity index (χ0) is 25.0. The van der Waals surface area contributed by atoms with E-state index >= 15 is 0 Å². The van der Waals surface area contributed by atoms with Gasteiger partial charge in [-0.05, 0) is 58.1 Å². The van der Waals surface area contributed by atoms with Gasteiger partial charge in [0.15, 0.2) is 0 Å². The predicted molar refractivity (Wildman–Crippen MR) is 120 cm³/mol. The van der Waals surface area contributed by atoms with E-state index in [4.69, 9.17) is 9.84 Å². The Morgan fingerprint density at radius 1 is 1.18 bits per heavy atom. The van der Waals surface area contributed by atoms with E-state index in [-0.39, 0.29) is 30.4 Å². The number of hydroxylamine groups is 2. The molecule has 0 aromatic heterocycles. The summed E-state index contributed by atoms with van der Waals surface area (Å²) >= 11 is 0. The van der Waals surface area contributed by atoms with Crippen LogP contribution in [0.3, 0.4) is 0 Å². The van der Waals surface area contributed by atoms with Crippen molar-refractivity contribution in [3.8, 4) is 0 Å². The van der Waals surface area contributed by atoms with Crippen molar-refractivity contribution < 1.29 is 34.2 Å². The zero-order valence-corrected chi connectivity index (χ0v) is 20.0.